The Morgan fingerprint density at radius 3 is 2.24 bits per heavy atom. The molecule has 0 fully saturated rings. The second-order valence-corrected chi connectivity index (χ2v) is 8.26. The van der Waals surface area contributed by atoms with Gasteiger partial charge in [0.1, 0.15) is 0 Å². The number of halogens is 2. The number of aryl methyl sites for hydroxylation is 1. The maximum atomic E-state index is 12.4. The largest absolute Gasteiger partial charge is 0.325 e. The summed E-state index contributed by atoms with van der Waals surface area (Å²) in [6.45, 7) is 1.97. The van der Waals surface area contributed by atoms with Crippen molar-refractivity contribution in [2.45, 2.75) is 11.8 Å². The van der Waals surface area contributed by atoms with E-state index in [4.69, 9.17) is 23.2 Å². The highest BCUT2D eigenvalue weighted by atomic mass is 35.5. The van der Waals surface area contributed by atoms with Crippen molar-refractivity contribution in [2.75, 3.05) is 16.4 Å². The highest BCUT2D eigenvalue weighted by Gasteiger charge is 2.08. The van der Waals surface area contributed by atoms with E-state index in [0.717, 1.165) is 10.5 Å². The number of hydrogen-bond donors (Lipinski definition) is 2. The molecule has 148 valence electrons. The van der Waals surface area contributed by atoms with E-state index >= 15 is 0 Å². The third-order valence-electron chi connectivity index (χ3n) is 3.92. The lowest BCUT2D eigenvalue weighted by Gasteiger charge is -2.09. The van der Waals surface area contributed by atoms with E-state index < -0.39 is 0 Å². The Bertz CT molecular complexity index is 1020. The smallest absolute Gasteiger partial charge is 0.255 e. The molecule has 0 radical (unpaired) electrons. The van der Waals surface area contributed by atoms with Crippen molar-refractivity contribution in [3.63, 3.8) is 0 Å². The SMILES string of the molecule is Cc1ccc(C(=O)Nc2cccc(SCC(=O)Nc3cc(Cl)cc(Cl)c3)c2)cc1. The first-order valence-electron chi connectivity index (χ1n) is 8.76. The zero-order chi connectivity index (χ0) is 20.8. The van der Waals surface area contributed by atoms with E-state index in [2.05, 4.69) is 10.6 Å². The van der Waals surface area contributed by atoms with Crippen molar-refractivity contribution in [3.8, 4) is 0 Å². The molecular weight excluding hydrogens is 427 g/mol. The summed E-state index contributed by atoms with van der Waals surface area (Å²) in [5.74, 6) is -0.149. The summed E-state index contributed by atoms with van der Waals surface area (Å²) in [4.78, 5) is 25.4. The predicted molar refractivity (Wildman–Crippen MR) is 121 cm³/mol. The molecule has 4 nitrogen and oxygen atoms in total. The van der Waals surface area contributed by atoms with Crippen LogP contribution < -0.4 is 10.6 Å². The molecular formula is C22H18Cl2N2O2S. The molecule has 0 aromatic heterocycles. The summed E-state index contributed by atoms with van der Waals surface area (Å²) in [6, 6.07) is 19.6. The first-order chi connectivity index (χ1) is 13.9. The third kappa shape index (κ3) is 6.53. The van der Waals surface area contributed by atoms with Gasteiger partial charge in [0.15, 0.2) is 0 Å². The average molecular weight is 445 g/mol. The van der Waals surface area contributed by atoms with Crippen LogP contribution in [-0.2, 0) is 4.79 Å². The van der Waals surface area contributed by atoms with E-state index in [9.17, 15) is 9.59 Å². The zero-order valence-electron chi connectivity index (χ0n) is 15.5. The quantitative estimate of drug-likeness (QED) is 0.439. The Balaban J connectivity index is 1.57. The molecule has 0 spiro atoms. The van der Waals surface area contributed by atoms with Crippen LogP contribution in [0.1, 0.15) is 15.9 Å². The predicted octanol–water partition coefficient (Wildman–Crippen LogP) is 6.28. The molecule has 0 unspecified atom stereocenters. The van der Waals surface area contributed by atoms with Crippen LogP contribution >= 0.6 is 35.0 Å². The summed E-state index contributed by atoms with van der Waals surface area (Å²) < 4.78 is 0. The van der Waals surface area contributed by atoms with Crippen LogP contribution in [0.5, 0.6) is 0 Å². The standard InChI is InChI=1S/C22H18Cl2N2O2S/c1-14-5-7-15(8-6-14)22(28)26-18-3-2-4-20(12-18)29-13-21(27)25-19-10-16(23)9-17(24)11-19/h2-12H,13H2,1H3,(H,25,27)(H,26,28). The summed E-state index contributed by atoms with van der Waals surface area (Å²) in [5.41, 5.74) is 2.90. The molecule has 29 heavy (non-hydrogen) atoms. The third-order valence-corrected chi connectivity index (χ3v) is 5.35. The fourth-order valence-electron chi connectivity index (χ4n) is 2.54. The van der Waals surface area contributed by atoms with Gasteiger partial charge in [0.2, 0.25) is 5.91 Å². The van der Waals surface area contributed by atoms with Gasteiger partial charge in [-0.1, -0.05) is 47.0 Å². The minimum atomic E-state index is -0.178. The van der Waals surface area contributed by atoms with Crippen LogP contribution in [-0.4, -0.2) is 17.6 Å². The first-order valence-corrected chi connectivity index (χ1v) is 10.5. The number of thioether (sulfide) groups is 1. The fraction of sp³-hybridized carbons (Fsp3) is 0.0909. The Morgan fingerprint density at radius 1 is 0.862 bits per heavy atom. The van der Waals surface area contributed by atoms with Crippen LogP contribution in [0.2, 0.25) is 10.0 Å². The average Bonchev–Trinajstić information content (AvgIpc) is 2.66. The Kier molecular flexibility index (Phi) is 7.20. The minimum absolute atomic E-state index is 0.178. The number of hydrogen-bond acceptors (Lipinski definition) is 3. The van der Waals surface area contributed by atoms with Gasteiger partial charge >= 0.3 is 0 Å². The number of benzene rings is 3. The van der Waals surface area contributed by atoms with E-state index in [1.807, 2.05) is 43.3 Å². The van der Waals surface area contributed by atoms with Crippen molar-refractivity contribution in [1.82, 2.24) is 0 Å². The highest BCUT2D eigenvalue weighted by molar-refractivity contribution is 8.00. The van der Waals surface area contributed by atoms with Gasteiger partial charge in [-0.25, -0.2) is 0 Å². The summed E-state index contributed by atoms with van der Waals surface area (Å²) in [5, 5.41) is 6.56. The molecule has 3 rings (SSSR count). The number of amides is 2. The van der Waals surface area contributed by atoms with Crippen molar-refractivity contribution in [2.24, 2.45) is 0 Å². The van der Waals surface area contributed by atoms with Gasteiger partial charge in [0.25, 0.3) is 5.91 Å². The monoisotopic (exact) mass is 444 g/mol. The Hall–Kier alpha value is -2.47. The van der Waals surface area contributed by atoms with E-state index in [1.54, 1.807) is 30.3 Å². The molecule has 0 aliphatic heterocycles. The zero-order valence-corrected chi connectivity index (χ0v) is 17.9. The molecule has 0 bridgehead atoms. The molecule has 7 heteroatoms. The molecule has 3 aromatic rings. The second kappa shape index (κ2) is 9.83. The van der Waals surface area contributed by atoms with Gasteiger partial charge in [0, 0.05) is 31.9 Å². The lowest BCUT2D eigenvalue weighted by atomic mass is 10.1. The van der Waals surface area contributed by atoms with Gasteiger partial charge in [-0.3, -0.25) is 9.59 Å². The van der Waals surface area contributed by atoms with Gasteiger partial charge in [0.05, 0.1) is 5.75 Å². The number of carbonyl (C=O) groups excluding carboxylic acids is 2. The molecule has 0 heterocycles. The molecule has 3 aromatic carbocycles. The lowest BCUT2D eigenvalue weighted by molar-refractivity contribution is -0.113. The topological polar surface area (TPSA) is 58.2 Å². The van der Waals surface area contributed by atoms with Crippen LogP contribution in [0.3, 0.4) is 0 Å². The molecule has 0 atom stereocenters. The summed E-state index contributed by atoms with van der Waals surface area (Å²) in [6.07, 6.45) is 0. The number of anilines is 2. The van der Waals surface area contributed by atoms with Gasteiger partial charge in [-0.05, 0) is 55.5 Å². The second-order valence-electron chi connectivity index (χ2n) is 6.34. The van der Waals surface area contributed by atoms with Crippen LogP contribution in [0.25, 0.3) is 0 Å². The van der Waals surface area contributed by atoms with E-state index in [0.29, 0.717) is 27.0 Å². The molecule has 0 aliphatic carbocycles. The normalized spacial score (nSPS) is 10.4. The maximum Gasteiger partial charge on any atom is 0.255 e. The van der Waals surface area contributed by atoms with Crippen molar-refractivity contribution in [1.29, 1.82) is 0 Å². The molecule has 0 saturated carbocycles. The number of rotatable bonds is 6. The molecule has 2 N–H and O–H groups in total. The van der Waals surface area contributed by atoms with Crippen LogP contribution in [0.15, 0.2) is 71.6 Å². The maximum absolute atomic E-state index is 12.4. The van der Waals surface area contributed by atoms with Crippen LogP contribution in [0.4, 0.5) is 11.4 Å². The first kappa shape index (κ1) is 21.2. The summed E-state index contributed by atoms with van der Waals surface area (Å²) >= 11 is 13.2. The van der Waals surface area contributed by atoms with Crippen molar-refractivity contribution >= 4 is 58.2 Å². The van der Waals surface area contributed by atoms with Gasteiger partial charge in [-0.15, -0.1) is 11.8 Å². The van der Waals surface area contributed by atoms with E-state index in [-0.39, 0.29) is 17.6 Å². The van der Waals surface area contributed by atoms with E-state index in [1.165, 1.54) is 11.8 Å². The number of carbonyl (C=O) groups is 2. The lowest BCUT2D eigenvalue weighted by Crippen LogP contribution is -2.14. The van der Waals surface area contributed by atoms with Crippen molar-refractivity contribution < 1.29 is 9.59 Å². The number of nitrogens with one attached hydrogen (secondary N) is 2. The molecule has 0 aliphatic rings. The minimum Gasteiger partial charge on any atom is -0.325 e. The summed E-state index contributed by atoms with van der Waals surface area (Å²) in [7, 11) is 0. The Morgan fingerprint density at radius 2 is 1.55 bits per heavy atom. The van der Waals surface area contributed by atoms with Crippen LogP contribution in [0, 0.1) is 6.92 Å². The molecule has 2 amide bonds. The molecule has 0 saturated heterocycles. The van der Waals surface area contributed by atoms with Gasteiger partial charge in [-0.2, -0.15) is 0 Å². The highest BCUT2D eigenvalue weighted by Crippen LogP contribution is 2.24. The fourth-order valence-corrected chi connectivity index (χ4v) is 3.82. The van der Waals surface area contributed by atoms with Crippen molar-refractivity contribution in [3.05, 3.63) is 87.9 Å². The van der Waals surface area contributed by atoms with Gasteiger partial charge < -0.3 is 10.6 Å². The Labute approximate surface area is 183 Å².